The Morgan fingerprint density at radius 1 is 1.47 bits per heavy atom. The molecule has 1 aliphatic heterocycles. The Bertz CT molecular complexity index is 474. The maximum Gasteiger partial charge on any atom is 0.229 e. The first-order chi connectivity index (χ1) is 9.19. The highest BCUT2D eigenvalue weighted by Crippen LogP contribution is 2.15. The Kier molecular flexibility index (Phi) is 4.52. The molecule has 1 aliphatic rings. The van der Waals surface area contributed by atoms with Crippen LogP contribution in [0.2, 0.25) is 0 Å². The zero-order valence-electron chi connectivity index (χ0n) is 11.0. The van der Waals surface area contributed by atoms with Crippen molar-refractivity contribution in [1.82, 2.24) is 10.6 Å². The van der Waals surface area contributed by atoms with E-state index in [4.69, 9.17) is 0 Å². The van der Waals surface area contributed by atoms with Crippen molar-refractivity contribution in [2.24, 2.45) is 5.92 Å². The molecule has 1 aromatic rings. The molecule has 1 atom stereocenters. The molecule has 0 aliphatic carbocycles. The summed E-state index contributed by atoms with van der Waals surface area (Å²) >= 11 is 0. The fourth-order valence-corrected chi connectivity index (χ4v) is 2.06. The van der Waals surface area contributed by atoms with E-state index >= 15 is 0 Å². The molecule has 3 N–H and O–H groups in total. The van der Waals surface area contributed by atoms with Gasteiger partial charge < -0.3 is 16.0 Å². The highest BCUT2D eigenvalue weighted by molar-refractivity contribution is 5.97. The number of amides is 2. The van der Waals surface area contributed by atoms with E-state index in [9.17, 15) is 9.59 Å². The van der Waals surface area contributed by atoms with Gasteiger partial charge in [0.1, 0.15) is 0 Å². The molecule has 0 radical (unpaired) electrons. The minimum Gasteiger partial charge on any atom is -0.355 e. The van der Waals surface area contributed by atoms with Crippen LogP contribution in [0.5, 0.6) is 0 Å². The van der Waals surface area contributed by atoms with E-state index in [2.05, 4.69) is 22.9 Å². The number of anilines is 1. The molecule has 2 amide bonds. The molecule has 5 nitrogen and oxygen atoms in total. The fourth-order valence-electron chi connectivity index (χ4n) is 2.06. The minimum absolute atomic E-state index is 0.0546. The Hall–Kier alpha value is -1.88. The summed E-state index contributed by atoms with van der Waals surface area (Å²) in [6, 6.07) is 7.74. The van der Waals surface area contributed by atoms with Gasteiger partial charge in [0.15, 0.2) is 0 Å². The zero-order chi connectivity index (χ0) is 13.7. The highest BCUT2D eigenvalue weighted by Gasteiger charge is 2.27. The predicted molar refractivity (Wildman–Crippen MR) is 73.6 cm³/mol. The standard InChI is InChI=1S/C14H19N3O2/c1-2-15-8-10-4-3-5-12(6-10)17-14(19)11-7-13(18)16-9-11/h3-6,11,15H,2,7-9H2,1H3,(H,16,18)(H,17,19). The van der Waals surface area contributed by atoms with Crippen molar-refractivity contribution in [1.29, 1.82) is 0 Å². The van der Waals surface area contributed by atoms with Crippen LogP contribution in [-0.2, 0) is 16.1 Å². The summed E-state index contributed by atoms with van der Waals surface area (Å²) in [7, 11) is 0. The second kappa shape index (κ2) is 6.33. The maximum atomic E-state index is 12.0. The molecule has 0 bridgehead atoms. The Morgan fingerprint density at radius 3 is 3.00 bits per heavy atom. The molecule has 1 heterocycles. The molecular weight excluding hydrogens is 242 g/mol. The van der Waals surface area contributed by atoms with Gasteiger partial charge in [-0.05, 0) is 24.2 Å². The van der Waals surface area contributed by atoms with E-state index < -0.39 is 0 Å². The summed E-state index contributed by atoms with van der Waals surface area (Å²) in [4.78, 5) is 23.0. The maximum absolute atomic E-state index is 12.0. The minimum atomic E-state index is -0.259. The average Bonchev–Trinajstić information content (AvgIpc) is 2.83. The van der Waals surface area contributed by atoms with Gasteiger partial charge in [-0.3, -0.25) is 9.59 Å². The van der Waals surface area contributed by atoms with Gasteiger partial charge in [0.2, 0.25) is 11.8 Å². The van der Waals surface area contributed by atoms with Crippen molar-refractivity contribution in [3.63, 3.8) is 0 Å². The van der Waals surface area contributed by atoms with Gasteiger partial charge in [0, 0.05) is 25.2 Å². The zero-order valence-corrected chi connectivity index (χ0v) is 11.0. The normalized spacial score (nSPS) is 18.2. The van der Waals surface area contributed by atoms with Gasteiger partial charge in [0.25, 0.3) is 0 Å². The number of hydrogen-bond acceptors (Lipinski definition) is 3. The number of carbonyl (C=O) groups is 2. The third-order valence-electron chi connectivity index (χ3n) is 3.12. The monoisotopic (exact) mass is 261 g/mol. The molecule has 0 aromatic heterocycles. The summed E-state index contributed by atoms with van der Waals surface area (Å²) < 4.78 is 0. The first kappa shape index (κ1) is 13.5. The molecule has 5 heteroatoms. The number of hydrogen-bond donors (Lipinski definition) is 3. The van der Waals surface area contributed by atoms with E-state index in [0.717, 1.165) is 24.3 Å². The SMILES string of the molecule is CCNCc1cccc(NC(=O)C2CNC(=O)C2)c1. The van der Waals surface area contributed by atoms with Crippen LogP contribution in [0.4, 0.5) is 5.69 Å². The van der Waals surface area contributed by atoms with Crippen LogP contribution < -0.4 is 16.0 Å². The van der Waals surface area contributed by atoms with Crippen molar-refractivity contribution in [2.75, 3.05) is 18.4 Å². The van der Waals surface area contributed by atoms with Crippen LogP contribution in [0.3, 0.4) is 0 Å². The number of rotatable bonds is 5. The van der Waals surface area contributed by atoms with Gasteiger partial charge in [0.05, 0.1) is 5.92 Å². The molecule has 1 aromatic carbocycles. The Labute approximate surface area is 112 Å². The van der Waals surface area contributed by atoms with Crippen LogP contribution in [0, 0.1) is 5.92 Å². The van der Waals surface area contributed by atoms with E-state index in [1.165, 1.54) is 0 Å². The van der Waals surface area contributed by atoms with E-state index in [1.807, 2.05) is 24.3 Å². The lowest BCUT2D eigenvalue weighted by atomic mass is 10.1. The summed E-state index contributed by atoms with van der Waals surface area (Å²) in [6.45, 7) is 4.17. The molecule has 1 unspecified atom stereocenters. The van der Waals surface area contributed by atoms with Crippen LogP contribution in [0.1, 0.15) is 18.9 Å². The van der Waals surface area contributed by atoms with Crippen molar-refractivity contribution >= 4 is 17.5 Å². The number of carbonyl (C=O) groups excluding carboxylic acids is 2. The third-order valence-corrected chi connectivity index (χ3v) is 3.12. The fraction of sp³-hybridized carbons (Fsp3) is 0.429. The lowest BCUT2D eigenvalue weighted by Gasteiger charge is -2.10. The Balaban J connectivity index is 1.94. The largest absolute Gasteiger partial charge is 0.355 e. The average molecular weight is 261 g/mol. The molecule has 1 saturated heterocycles. The predicted octanol–water partition coefficient (Wildman–Crippen LogP) is 0.871. The molecule has 2 rings (SSSR count). The summed E-state index contributed by atoms with van der Waals surface area (Å²) in [5, 5.41) is 8.77. The summed E-state index contributed by atoms with van der Waals surface area (Å²) in [6.07, 6.45) is 0.281. The summed E-state index contributed by atoms with van der Waals surface area (Å²) in [5.74, 6) is -0.412. The topological polar surface area (TPSA) is 70.2 Å². The first-order valence-electron chi connectivity index (χ1n) is 6.56. The van der Waals surface area contributed by atoms with Gasteiger partial charge >= 0.3 is 0 Å². The molecule has 102 valence electrons. The van der Waals surface area contributed by atoms with Crippen LogP contribution in [0.25, 0.3) is 0 Å². The molecule has 0 saturated carbocycles. The van der Waals surface area contributed by atoms with Crippen molar-refractivity contribution in [2.45, 2.75) is 19.9 Å². The van der Waals surface area contributed by atoms with E-state index in [0.29, 0.717) is 6.54 Å². The van der Waals surface area contributed by atoms with Crippen molar-refractivity contribution < 1.29 is 9.59 Å². The smallest absolute Gasteiger partial charge is 0.229 e. The van der Waals surface area contributed by atoms with Crippen LogP contribution in [-0.4, -0.2) is 24.9 Å². The number of nitrogens with one attached hydrogen (secondary N) is 3. The Morgan fingerprint density at radius 2 is 2.32 bits per heavy atom. The van der Waals surface area contributed by atoms with Crippen molar-refractivity contribution in [3.05, 3.63) is 29.8 Å². The molecular formula is C14H19N3O2. The quantitative estimate of drug-likeness (QED) is 0.736. The second-order valence-corrected chi connectivity index (χ2v) is 4.68. The molecule has 1 fully saturated rings. The van der Waals surface area contributed by atoms with E-state index in [-0.39, 0.29) is 24.2 Å². The molecule has 19 heavy (non-hydrogen) atoms. The van der Waals surface area contributed by atoms with Gasteiger partial charge in [-0.2, -0.15) is 0 Å². The van der Waals surface area contributed by atoms with Crippen molar-refractivity contribution in [3.8, 4) is 0 Å². The lowest BCUT2D eigenvalue weighted by Crippen LogP contribution is -2.24. The van der Waals surface area contributed by atoms with Gasteiger partial charge in [-0.25, -0.2) is 0 Å². The van der Waals surface area contributed by atoms with Gasteiger partial charge in [-0.1, -0.05) is 19.1 Å². The molecule has 0 spiro atoms. The van der Waals surface area contributed by atoms with Crippen LogP contribution >= 0.6 is 0 Å². The first-order valence-corrected chi connectivity index (χ1v) is 6.56. The van der Waals surface area contributed by atoms with E-state index in [1.54, 1.807) is 0 Å². The second-order valence-electron chi connectivity index (χ2n) is 4.68. The lowest BCUT2D eigenvalue weighted by molar-refractivity contribution is -0.123. The van der Waals surface area contributed by atoms with Gasteiger partial charge in [-0.15, -0.1) is 0 Å². The highest BCUT2D eigenvalue weighted by atomic mass is 16.2. The van der Waals surface area contributed by atoms with Crippen LogP contribution in [0.15, 0.2) is 24.3 Å². The summed E-state index contributed by atoms with van der Waals surface area (Å²) in [5.41, 5.74) is 1.90. The third kappa shape index (κ3) is 3.79. The number of benzene rings is 1.